The van der Waals surface area contributed by atoms with Crippen molar-refractivity contribution in [1.29, 1.82) is 0 Å². The number of para-hydroxylation sites is 1. The zero-order chi connectivity index (χ0) is 19.2. The van der Waals surface area contributed by atoms with Gasteiger partial charge in [-0.1, -0.05) is 24.3 Å². The first kappa shape index (κ1) is 19.8. The predicted octanol–water partition coefficient (Wildman–Crippen LogP) is 2.52. The van der Waals surface area contributed by atoms with E-state index in [-0.39, 0.29) is 17.3 Å². The van der Waals surface area contributed by atoms with Crippen LogP contribution in [0.25, 0.3) is 0 Å². The number of hydrogen-bond acceptors (Lipinski definition) is 4. The Morgan fingerprint density at radius 3 is 2.38 bits per heavy atom. The third-order valence-corrected chi connectivity index (χ3v) is 4.82. The van der Waals surface area contributed by atoms with Gasteiger partial charge in [-0.15, -0.1) is 0 Å². The number of benzene rings is 2. The zero-order valence-corrected chi connectivity index (χ0v) is 14.7. The maximum atomic E-state index is 12.4. The molecule has 0 aliphatic carbocycles. The van der Waals surface area contributed by atoms with Gasteiger partial charge >= 0.3 is 6.61 Å². The lowest BCUT2D eigenvalue weighted by molar-refractivity contribution is -0.0517. The summed E-state index contributed by atoms with van der Waals surface area (Å²) in [6.07, 6.45) is 0. The van der Waals surface area contributed by atoms with Gasteiger partial charge in [-0.2, -0.15) is 8.78 Å². The van der Waals surface area contributed by atoms with Crippen molar-refractivity contribution in [3.8, 4) is 5.75 Å². The third-order valence-electron chi connectivity index (χ3n) is 3.37. The Bertz CT molecular complexity index is 855. The second-order valence-electron chi connectivity index (χ2n) is 5.21. The van der Waals surface area contributed by atoms with Crippen LogP contribution in [0, 0.1) is 0 Å². The highest BCUT2D eigenvalue weighted by Gasteiger charge is 2.21. The molecule has 0 saturated carbocycles. The Morgan fingerprint density at radius 2 is 1.77 bits per heavy atom. The number of halogens is 2. The first-order chi connectivity index (χ1) is 12.3. The maximum absolute atomic E-state index is 12.4. The lowest BCUT2D eigenvalue weighted by atomic mass is 10.1. The van der Waals surface area contributed by atoms with E-state index in [2.05, 4.69) is 14.8 Å². The summed E-state index contributed by atoms with van der Waals surface area (Å²) in [5.41, 5.74) is 1.06. The molecule has 140 valence electrons. The highest BCUT2D eigenvalue weighted by atomic mass is 32.2. The molecule has 0 unspecified atom stereocenters. The number of rotatable bonds is 8. The lowest BCUT2D eigenvalue weighted by Gasteiger charge is -2.12. The minimum Gasteiger partial charge on any atom is -0.433 e. The molecular weight excluding hydrogens is 366 g/mol. The quantitative estimate of drug-likeness (QED) is 0.733. The highest BCUT2D eigenvalue weighted by molar-refractivity contribution is 7.89. The van der Waals surface area contributed by atoms with Crippen LogP contribution in [0.4, 0.5) is 8.78 Å². The second kappa shape index (κ2) is 8.72. The number of nitrogens with one attached hydrogen (secondary N) is 2. The number of alkyl halides is 2. The third kappa shape index (κ3) is 5.24. The van der Waals surface area contributed by atoms with Crippen molar-refractivity contribution in [2.75, 3.05) is 6.54 Å². The van der Waals surface area contributed by atoms with Gasteiger partial charge < -0.3 is 10.1 Å². The molecule has 0 aliphatic heterocycles. The van der Waals surface area contributed by atoms with Crippen molar-refractivity contribution in [2.45, 2.75) is 25.0 Å². The van der Waals surface area contributed by atoms with E-state index < -0.39 is 22.4 Å². The molecule has 2 rings (SSSR count). The molecule has 2 aromatic carbocycles. The minimum atomic E-state index is -4.06. The van der Waals surface area contributed by atoms with Crippen LogP contribution < -0.4 is 14.8 Å². The van der Waals surface area contributed by atoms with Gasteiger partial charge in [0.05, 0.1) is 0 Å². The van der Waals surface area contributed by atoms with E-state index in [9.17, 15) is 22.0 Å². The average molecular weight is 384 g/mol. The van der Waals surface area contributed by atoms with Crippen LogP contribution in [0.3, 0.4) is 0 Å². The first-order valence-corrected chi connectivity index (χ1v) is 9.22. The zero-order valence-electron chi connectivity index (χ0n) is 13.9. The van der Waals surface area contributed by atoms with E-state index in [1.54, 1.807) is 31.2 Å². The summed E-state index contributed by atoms with van der Waals surface area (Å²) in [5.74, 6) is -0.653. The molecule has 26 heavy (non-hydrogen) atoms. The topological polar surface area (TPSA) is 84.5 Å². The van der Waals surface area contributed by atoms with E-state index in [1.807, 2.05) is 0 Å². The molecule has 0 radical (unpaired) electrons. The Balaban J connectivity index is 2.10. The molecule has 0 spiro atoms. The predicted molar refractivity (Wildman–Crippen MR) is 91.5 cm³/mol. The summed E-state index contributed by atoms with van der Waals surface area (Å²) in [4.78, 5) is 11.3. The summed E-state index contributed by atoms with van der Waals surface area (Å²) in [6.45, 7) is -0.897. The van der Waals surface area contributed by atoms with E-state index in [1.165, 1.54) is 18.2 Å². The molecule has 1 amide bonds. The minimum absolute atomic E-state index is 0.0684. The SMILES string of the molecule is CCNC(=O)c1ccc(CNS(=O)(=O)c2ccccc2OC(F)F)cc1. The molecule has 0 aliphatic rings. The monoisotopic (exact) mass is 384 g/mol. The molecule has 2 aromatic rings. The molecule has 0 heterocycles. The van der Waals surface area contributed by atoms with Crippen molar-refractivity contribution in [1.82, 2.24) is 10.0 Å². The Labute approximate surface area is 150 Å². The number of carbonyl (C=O) groups is 1. The van der Waals surface area contributed by atoms with Gasteiger partial charge in [0.2, 0.25) is 10.0 Å². The van der Waals surface area contributed by atoms with Gasteiger partial charge in [0.15, 0.2) is 0 Å². The first-order valence-electron chi connectivity index (χ1n) is 7.74. The number of hydrogen-bond donors (Lipinski definition) is 2. The summed E-state index contributed by atoms with van der Waals surface area (Å²) in [7, 11) is -4.06. The summed E-state index contributed by atoms with van der Waals surface area (Å²) < 4.78 is 56.2. The molecule has 0 aromatic heterocycles. The van der Waals surface area contributed by atoms with Crippen LogP contribution in [0.1, 0.15) is 22.8 Å². The largest absolute Gasteiger partial charge is 0.433 e. The molecule has 0 fully saturated rings. The van der Waals surface area contributed by atoms with Crippen molar-refractivity contribution >= 4 is 15.9 Å². The smallest absolute Gasteiger partial charge is 0.387 e. The Hall–Kier alpha value is -2.52. The molecule has 2 N–H and O–H groups in total. The summed E-state index contributed by atoms with van der Waals surface area (Å²) in [5, 5.41) is 2.66. The maximum Gasteiger partial charge on any atom is 0.387 e. The summed E-state index contributed by atoms with van der Waals surface area (Å²) >= 11 is 0. The number of carbonyl (C=O) groups excluding carboxylic acids is 1. The second-order valence-corrected chi connectivity index (χ2v) is 6.94. The highest BCUT2D eigenvalue weighted by Crippen LogP contribution is 2.25. The normalized spacial score (nSPS) is 11.4. The van der Waals surface area contributed by atoms with Gasteiger partial charge in [-0.3, -0.25) is 4.79 Å². The molecule has 6 nitrogen and oxygen atoms in total. The van der Waals surface area contributed by atoms with E-state index in [0.717, 1.165) is 6.07 Å². The fraction of sp³-hybridized carbons (Fsp3) is 0.235. The van der Waals surface area contributed by atoms with Crippen LogP contribution in [0.2, 0.25) is 0 Å². The Kier molecular flexibility index (Phi) is 6.64. The number of ether oxygens (including phenoxy) is 1. The molecule has 0 bridgehead atoms. The fourth-order valence-electron chi connectivity index (χ4n) is 2.16. The Morgan fingerprint density at radius 1 is 1.12 bits per heavy atom. The number of amides is 1. The van der Waals surface area contributed by atoms with Crippen LogP contribution in [-0.2, 0) is 16.6 Å². The van der Waals surface area contributed by atoms with Crippen LogP contribution in [0.5, 0.6) is 5.75 Å². The van der Waals surface area contributed by atoms with Crippen molar-refractivity contribution < 1.29 is 26.7 Å². The van der Waals surface area contributed by atoms with Crippen molar-refractivity contribution in [3.05, 3.63) is 59.7 Å². The van der Waals surface area contributed by atoms with Gasteiger partial charge in [0.1, 0.15) is 10.6 Å². The van der Waals surface area contributed by atoms with E-state index in [0.29, 0.717) is 17.7 Å². The van der Waals surface area contributed by atoms with Gasteiger partial charge in [0.25, 0.3) is 5.91 Å². The van der Waals surface area contributed by atoms with E-state index >= 15 is 0 Å². The summed E-state index contributed by atoms with van der Waals surface area (Å²) in [6, 6.07) is 11.5. The van der Waals surface area contributed by atoms with Crippen LogP contribution >= 0.6 is 0 Å². The standard InChI is InChI=1S/C17H18F2N2O4S/c1-2-20-16(22)13-9-7-12(8-10-13)11-21-26(23,24)15-6-4-3-5-14(15)25-17(18)19/h3-10,17,21H,2,11H2,1H3,(H,20,22). The fourth-order valence-corrected chi connectivity index (χ4v) is 3.31. The van der Waals surface area contributed by atoms with Crippen LogP contribution in [0.15, 0.2) is 53.4 Å². The average Bonchev–Trinajstić information content (AvgIpc) is 2.60. The van der Waals surface area contributed by atoms with Gasteiger partial charge in [-0.05, 0) is 36.8 Å². The molecule has 0 saturated heterocycles. The molecule has 0 atom stereocenters. The van der Waals surface area contributed by atoms with Crippen LogP contribution in [-0.4, -0.2) is 27.5 Å². The molecule has 9 heteroatoms. The molecular formula is C17H18F2N2O4S. The van der Waals surface area contributed by atoms with Crippen molar-refractivity contribution in [2.24, 2.45) is 0 Å². The number of sulfonamides is 1. The van der Waals surface area contributed by atoms with Gasteiger partial charge in [-0.25, -0.2) is 13.1 Å². The van der Waals surface area contributed by atoms with Crippen molar-refractivity contribution in [3.63, 3.8) is 0 Å². The lowest BCUT2D eigenvalue weighted by Crippen LogP contribution is -2.24. The van der Waals surface area contributed by atoms with Gasteiger partial charge in [0, 0.05) is 18.7 Å². The van der Waals surface area contributed by atoms with E-state index in [4.69, 9.17) is 0 Å².